The van der Waals surface area contributed by atoms with Crippen LogP contribution in [0, 0.1) is 5.92 Å². The molecule has 25 heteroatoms. The molecular weight excluding hydrogens is 1190 g/mol. The molecule has 0 spiro atoms. The van der Waals surface area contributed by atoms with E-state index in [1.807, 2.05) is 0 Å². The van der Waals surface area contributed by atoms with Crippen LogP contribution in [-0.4, -0.2) is 235 Å². The second kappa shape index (κ2) is 47.5. The van der Waals surface area contributed by atoms with Crippen molar-refractivity contribution in [2.75, 3.05) is 33.0 Å². The Hall–Kier alpha value is -2.35. The lowest BCUT2D eigenvalue weighted by Crippen LogP contribution is -2.69. The summed E-state index contributed by atoms with van der Waals surface area (Å²) in [5.74, 6) is -4.26. The number of amides is 2. The van der Waals surface area contributed by atoms with Crippen molar-refractivity contribution in [3.63, 3.8) is 0 Å². The van der Waals surface area contributed by atoms with Crippen LogP contribution in [0.3, 0.4) is 0 Å². The highest BCUT2D eigenvalue weighted by molar-refractivity contribution is 5.76. The summed E-state index contributed by atoms with van der Waals surface area (Å²) in [5.41, 5.74) is 0. The summed E-state index contributed by atoms with van der Waals surface area (Å²) in [4.78, 5) is 37.9. The van der Waals surface area contributed by atoms with Crippen LogP contribution in [0.25, 0.3) is 0 Å². The van der Waals surface area contributed by atoms with Crippen molar-refractivity contribution in [3.05, 3.63) is 0 Å². The Morgan fingerprint density at radius 3 is 1.57 bits per heavy atom. The van der Waals surface area contributed by atoms with E-state index in [1.165, 1.54) is 149 Å². The number of carbonyl (C=O) groups excluding carboxylic acids is 3. The Morgan fingerprint density at radius 1 is 0.604 bits per heavy atom. The first-order valence-electron chi connectivity index (χ1n) is 34.9. The van der Waals surface area contributed by atoms with Crippen molar-refractivity contribution in [1.29, 1.82) is 0 Å². The molecule has 14 N–H and O–H groups in total. The highest BCUT2D eigenvalue weighted by atomic mass is 16.9. The monoisotopic (exact) mass is 1310 g/mol. The van der Waals surface area contributed by atoms with Crippen LogP contribution in [-0.2, 0) is 52.3 Å². The molecule has 25 nitrogen and oxygen atoms in total. The van der Waals surface area contributed by atoms with E-state index in [1.54, 1.807) is 6.92 Å². The largest absolute Gasteiger partial charge is 0.410 e. The lowest BCUT2D eigenvalue weighted by molar-refractivity contribution is -0.448. The zero-order valence-corrected chi connectivity index (χ0v) is 55.6. The summed E-state index contributed by atoms with van der Waals surface area (Å²) in [5, 5.41) is 130. The summed E-state index contributed by atoms with van der Waals surface area (Å²) < 4.78 is 46.1. The standard InChI is InChI=1S/C60H112N2O19.C6H12O4/c1-5-7-9-11-13-15-16-17-18-19-20-21-22-23-24-25-26-27-29-31-33-35-49(70)62-44(34-32-30-28-14-12-10-8-6-2)40-75-58-50(61-43(4)67)53(73)56(48(39-65)78-58)79-59-54(74)57(52(72)47(38-64)77-59)81-60(76-41-66)36-45(68)42(3)55(80-60)51(71)46(69)37-63;1-3-5(8)6(9)4(7)2-10-3/h41-42,44-48,50-59,63-65,68-69,71-74H,5-40H2,1-4H3,(H,61,67)(H,62,70);3-9H,2H2,1H3/t42-,44?,45-,46-,47?,48?,50?,51-,52+,53-,54?,55?,56-,57+,58-,59+,60+;3?,4?,5-,6-/m11/s1. The van der Waals surface area contributed by atoms with Gasteiger partial charge in [-0.3, -0.25) is 14.4 Å². The minimum Gasteiger partial charge on any atom is -0.410 e. The molecule has 91 heavy (non-hydrogen) atoms. The lowest BCUT2D eigenvalue weighted by Gasteiger charge is -2.50. The minimum atomic E-state index is -2.64. The first-order chi connectivity index (χ1) is 43.7. The Kier molecular flexibility index (Phi) is 43.3. The number of ether oxygens (including phenoxy) is 8. The fraction of sp³-hybridized carbons (Fsp3) is 0.955. The third kappa shape index (κ3) is 30.3. The number of hydrogen-bond donors (Lipinski definition) is 14. The van der Waals surface area contributed by atoms with Gasteiger partial charge in [0, 0.05) is 19.3 Å². The maximum atomic E-state index is 13.4. The molecule has 0 aromatic rings. The fourth-order valence-corrected chi connectivity index (χ4v) is 12.3. The van der Waals surface area contributed by atoms with Gasteiger partial charge in [0.25, 0.3) is 6.47 Å². The summed E-state index contributed by atoms with van der Waals surface area (Å²) in [7, 11) is 0. The van der Waals surface area contributed by atoms with Gasteiger partial charge >= 0.3 is 5.97 Å². The molecule has 0 aromatic heterocycles. The molecule has 0 aliphatic carbocycles. The van der Waals surface area contributed by atoms with Crippen LogP contribution in [0.1, 0.15) is 240 Å². The van der Waals surface area contributed by atoms with Crippen LogP contribution in [0.5, 0.6) is 0 Å². The van der Waals surface area contributed by atoms with Crippen molar-refractivity contribution in [2.45, 2.75) is 362 Å². The van der Waals surface area contributed by atoms with Crippen LogP contribution in [0.4, 0.5) is 0 Å². The smallest absolute Gasteiger partial charge is 0.332 e. The quantitative estimate of drug-likeness (QED) is 0.0230. The summed E-state index contributed by atoms with van der Waals surface area (Å²) in [6.07, 6.45) is 10.4. The van der Waals surface area contributed by atoms with Crippen LogP contribution in [0.2, 0.25) is 0 Å². The van der Waals surface area contributed by atoms with Crippen LogP contribution < -0.4 is 10.6 Å². The normalized spacial score (nSPS) is 32.0. The molecule has 2 amide bonds. The second-order valence-corrected chi connectivity index (χ2v) is 26.0. The highest BCUT2D eigenvalue weighted by Gasteiger charge is 2.58. The van der Waals surface area contributed by atoms with Gasteiger partial charge in [-0.25, -0.2) is 0 Å². The molecule has 4 aliphatic heterocycles. The number of hydrogen-bond acceptors (Lipinski definition) is 23. The average molecular weight is 1310 g/mol. The fourth-order valence-electron chi connectivity index (χ4n) is 12.3. The number of aliphatic hydroxyl groups is 12. The zero-order valence-electron chi connectivity index (χ0n) is 55.6. The SMILES string of the molecule is CC1OCC(O)[C@@H](O)[C@@H]1O.CCCCCCCCCCCCCCCCCCCCCCCC(=O)NC(CCCCCCCCCC)CO[C@@H]1OC(CO)[C@@H](O[C@@H]2OC(CO)[C@H](O)[C@H](O[C@]3(OC=O)C[C@@H](O)[C@@H](C)C([C@H](O)[C@H](O)CO)O3)C2O)[C@H](O)C1NC(C)=O. The van der Waals surface area contributed by atoms with E-state index in [9.17, 15) is 60.3 Å². The molecule has 4 aliphatic rings. The predicted octanol–water partition coefficient (Wildman–Crippen LogP) is 4.23. The Morgan fingerprint density at radius 2 is 1.10 bits per heavy atom. The van der Waals surface area contributed by atoms with Crippen LogP contribution >= 0.6 is 0 Å². The third-order valence-corrected chi connectivity index (χ3v) is 18.2. The molecule has 4 rings (SSSR count). The van der Waals surface area contributed by atoms with E-state index < -0.39 is 160 Å². The van der Waals surface area contributed by atoms with Gasteiger partial charge in [-0.05, 0) is 19.8 Å². The summed E-state index contributed by atoms with van der Waals surface area (Å²) in [6.45, 7) is 6.11. The van der Waals surface area contributed by atoms with Gasteiger partial charge in [0.2, 0.25) is 11.8 Å². The lowest BCUT2D eigenvalue weighted by atomic mass is 9.87. The molecule has 4 saturated heterocycles. The summed E-state index contributed by atoms with van der Waals surface area (Å²) >= 11 is 0. The highest BCUT2D eigenvalue weighted by Crippen LogP contribution is 2.40. The van der Waals surface area contributed by atoms with Crippen molar-refractivity contribution in [1.82, 2.24) is 10.6 Å². The number of carbonyl (C=O) groups is 3. The maximum Gasteiger partial charge on any atom is 0.332 e. The topological polar surface area (TPSA) is 392 Å². The molecule has 0 saturated carbocycles. The van der Waals surface area contributed by atoms with Gasteiger partial charge in [-0.2, -0.15) is 0 Å². The molecule has 0 radical (unpaired) electrons. The van der Waals surface area contributed by atoms with Gasteiger partial charge in [-0.1, -0.05) is 201 Å². The van der Waals surface area contributed by atoms with E-state index in [0.29, 0.717) is 12.8 Å². The van der Waals surface area contributed by atoms with Gasteiger partial charge in [0.1, 0.15) is 79.3 Å². The molecule has 4 heterocycles. The predicted molar refractivity (Wildman–Crippen MR) is 336 cm³/mol. The van der Waals surface area contributed by atoms with Crippen molar-refractivity contribution >= 4 is 18.3 Å². The van der Waals surface area contributed by atoms with Gasteiger partial charge < -0.3 is 110 Å². The van der Waals surface area contributed by atoms with E-state index in [0.717, 1.165) is 51.4 Å². The molecule has 0 aromatic carbocycles. The second-order valence-electron chi connectivity index (χ2n) is 26.0. The number of nitrogens with one attached hydrogen (secondary N) is 2. The number of rotatable bonds is 47. The van der Waals surface area contributed by atoms with Gasteiger partial charge in [0.15, 0.2) is 12.6 Å². The third-order valence-electron chi connectivity index (χ3n) is 18.2. The van der Waals surface area contributed by atoms with Gasteiger partial charge in [-0.15, -0.1) is 0 Å². The Balaban J connectivity index is 0.00000196. The first kappa shape index (κ1) is 82.9. The Bertz CT molecular complexity index is 1860. The average Bonchev–Trinajstić information content (AvgIpc) is 0.790. The van der Waals surface area contributed by atoms with Crippen molar-refractivity contribution < 1.29 is 114 Å². The van der Waals surface area contributed by atoms with E-state index in [-0.39, 0.29) is 25.6 Å². The molecule has 4 fully saturated rings. The molecule has 0 bridgehead atoms. The number of unbranched alkanes of at least 4 members (excludes halogenated alkanes) is 27. The zero-order chi connectivity index (χ0) is 67.1. The van der Waals surface area contributed by atoms with Crippen LogP contribution in [0.15, 0.2) is 0 Å². The van der Waals surface area contributed by atoms with Gasteiger partial charge in [0.05, 0.1) is 63.8 Å². The van der Waals surface area contributed by atoms with E-state index >= 15 is 0 Å². The first-order valence-corrected chi connectivity index (χ1v) is 34.9. The molecule has 21 atom stereocenters. The molecule has 536 valence electrons. The van der Waals surface area contributed by atoms with E-state index in [4.69, 9.17) is 53.2 Å². The Labute approximate surface area is 541 Å². The summed E-state index contributed by atoms with van der Waals surface area (Å²) in [6, 6.07) is -1.79. The van der Waals surface area contributed by atoms with Crippen molar-refractivity contribution in [3.8, 4) is 0 Å². The van der Waals surface area contributed by atoms with Crippen molar-refractivity contribution in [2.24, 2.45) is 5.92 Å². The minimum absolute atomic E-state index is 0.0603. The number of aliphatic hydroxyl groups excluding tert-OH is 12. The molecule has 8 unspecified atom stereocenters. The van der Waals surface area contributed by atoms with E-state index in [2.05, 4.69) is 24.5 Å². The molecular formula is C66H124N2O23. The maximum absolute atomic E-state index is 13.4.